The molecule has 3 aliphatic rings. The maximum atomic E-state index is 13.1. The zero-order chi connectivity index (χ0) is 22.4. The van der Waals surface area contributed by atoms with Gasteiger partial charge in [-0.3, -0.25) is 4.90 Å². The fraction of sp³-hybridized carbons (Fsp3) is 0.417. The van der Waals surface area contributed by atoms with Crippen molar-refractivity contribution in [2.24, 2.45) is 5.92 Å². The van der Waals surface area contributed by atoms with E-state index in [0.29, 0.717) is 35.0 Å². The second-order valence-electron chi connectivity index (χ2n) is 8.74. The zero-order valence-corrected chi connectivity index (χ0v) is 18.7. The third kappa shape index (κ3) is 3.70. The van der Waals surface area contributed by atoms with E-state index in [1.165, 1.54) is 0 Å². The van der Waals surface area contributed by atoms with Gasteiger partial charge in [-0.2, -0.15) is 5.26 Å². The third-order valence-corrected chi connectivity index (χ3v) is 8.47. The summed E-state index contributed by atoms with van der Waals surface area (Å²) in [6.07, 6.45) is 0.358. The highest BCUT2D eigenvalue weighted by Crippen LogP contribution is 2.36. The van der Waals surface area contributed by atoms with Gasteiger partial charge in [-0.15, -0.1) is 4.31 Å². The molecule has 2 aromatic carbocycles. The van der Waals surface area contributed by atoms with Gasteiger partial charge in [-0.05, 0) is 67.3 Å². The summed E-state index contributed by atoms with van der Waals surface area (Å²) < 4.78 is 20.2. The first-order valence-corrected chi connectivity index (χ1v) is 12.0. The van der Waals surface area contributed by atoms with Crippen molar-refractivity contribution in [3.8, 4) is 6.07 Å². The number of cyclic esters (lactones) is 1. The van der Waals surface area contributed by atoms with Gasteiger partial charge in [0.1, 0.15) is 6.61 Å². The first kappa shape index (κ1) is 21.4. The first-order chi connectivity index (χ1) is 15.5. The van der Waals surface area contributed by atoms with Gasteiger partial charge in [0, 0.05) is 24.7 Å². The van der Waals surface area contributed by atoms with Crippen LogP contribution in [0.2, 0.25) is 0 Å². The molecular weight excluding hydrogens is 426 g/mol. The van der Waals surface area contributed by atoms with Gasteiger partial charge in [0.05, 0.1) is 41.2 Å². The Morgan fingerprint density at radius 3 is 2.81 bits per heavy atom. The average molecular weight is 452 g/mol. The number of aliphatic hydroxyl groups excluding tert-OH is 1. The zero-order valence-electron chi connectivity index (χ0n) is 17.9. The van der Waals surface area contributed by atoms with Crippen LogP contribution in [0.4, 0.5) is 0 Å². The predicted molar refractivity (Wildman–Crippen MR) is 118 cm³/mol. The van der Waals surface area contributed by atoms with E-state index in [0.717, 1.165) is 36.2 Å². The smallest absolute Gasteiger partial charge is 0.338 e. The van der Waals surface area contributed by atoms with Gasteiger partial charge in [0.25, 0.3) is 0 Å². The number of carbonyl (C=O) groups is 1. The molecular formula is C24H25N3O4S. The summed E-state index contributed by atoms with van der Waals surface area (Å²) in [7, 11) is 0. The number of carbonyl (C=O) groups excluding carboxylic acids is 1. The SMILES string of the molecule is Cc1c(C(O)CN2CCC3CN([S+]([O-])c4ccc(C#N)cc4)CC32)ccc2c1COC2=O. The number of ether oxygens (including phenoxy) is 1. The number of esters is 1. The summed E-state index contributed by atoms with van der Waals surface area (Å²) in [4.78, 5) is 14.8. The molecule has 0 saturated carbocycles. The molecule has 5 rings (SSSR count). The Morgan fingerprint density at radius 2 is 2.06 bits per heavy atom. The molecule has 0 aromatic heterocycles. The lowest BCUT2D eigenvalue weighted by Gasteiger charge is -2.28. The Hall–Kier alpha value is -2.41. The summed E-state index contributed by atoms with van der Waals surface area (Å²) >= 11 is -1.26. The molecule has 7 nitrogen and oxygen atoms in total. The van der Waals surface area contributed by atoms with Crippen molar-refractivity contribution in [3.63, 3.8) is 0 Å². The normalized spacial score (nSPS) is 24.6. The highest BCUT2D eigenvalue weighted by Gasteiger charge is 2.46. The Morgan fingerprint density at radius 1 is 1.28 bits per heavy atom. The number of hydrogen-bond acceptors (Lipinski definition) is 7. The van der Waals surface area contributed by atoms with Crippen LogP contribution < -0.4 is 0 Å². The molecule has 0 aliphatic carbocycles. The Balaban J connectivity index is 1.26. The molecule has 8 heteroatoms. The van der Waals surface area contributed by atoms with Crippen LogP contribution in [-0.2, 0) is 22.7 Å². The number of fused-ring (bicyclic) bond motifs is 2. The van der Waals surface area contributed by atoms with E-state index < -0.39 is 17.5 Å². The number of β-amino-alcohol motifs (C(OH)–C–C–N with tert-alkyl or cyclic N) is 1. The van der Waals surface area contributed by atoms with Crippen LogP contribution in [0.5, 0.6) is 0 Å². The number of aliphatic hydroxyl groups is 1. The first-order valence-electron chi connectivity index (χ1n) is 10.8. The number of nitrogens with zero attached hydrogens (tertiary/aromatic N) is 3. The van der Waals surface area contributed by atoms with Gasteiger partial charge >= 0.3 is 5.97 Å². The maximum Gasteiger partial charge on any atom is 0.338 e. The van der Waals surface area contributed by atoms with Crippen molar-refractivity contribution in [1.29, 1.82) is 5.26 Å². The second kappa shape index (κ2) is 8.50. The topological polar surface area (TPSA) is 99.9 Å². The van der Waals surface area contributed by atoms with Crippen molar-refractivity contribution >= 4 is 17.3 Å². The molecule has 4 unspecified atom stereocenters. The van der Waals surface area contributed by atoms with E-state index in [1.54, 1.807) is 30.3 Å². The summed E-state index contributed by atoms with van der Waals surface area (Å²) in [5.41, 5.74) is 3.78. The highest BCUT2D eigenvalue weighted by atomic mass is 32.2. The molecule has 166 valence electrons. The molecule has 4 atom stereocenters. The van der Waals surface area contributed by atoms with E-state index in [2.05, 4.69) is 11.0 Å². The molecule has 0 spiro atoms. The molecule has 0 amide bonds. The quantitative estimate of drug-likeness (QED) is 0.550. The van der Waals surface area contributed by atoms with Crippen LogP contribution in [0, 0.1) is 24.2 Å². The fourth-order valence-electron chi connectivity index (χ4n) is 5.22. The van der Waals surface area contributed by atoms with Crippen molar-refractivity contribution in [1.82, 2.24) is 9.21 Å². The molecule has 2 aromatic rings. The van der Waals surface area contributed by atoms with Crippen LogP contribution in [0.3, 0.4) is 0 Å². The largest absolute Gasteiger partial charge is 0.593 e. The molecule has 3 heterocycles. The van der Waals surface area contributed by atoms with Gasteiger partial charge in [-0.1, -0.05) is 6.07 Å². The van der Waals surface area contributed by atoms with E-state index in [1.807, 2.05) is 17.3 Å². The van der Waals surface area contributed by atoms with Gasteiger partial charge in [-0.25, -0.2) is 4.79 Å². The predicted octanol–water partition coefficient (Wildman–Crippen LogP) is 2.30. The Kier molecular flexibility index (Phi) is 5.70. The second-order valence-corrected chi connectivity index (χ2v) is 10.2. The van der Waals surface area contributed by atoms with Crippen molar-refractivity contribution < 1.29 is 19.2 Å². The van der Waals surface area contributed by atoms with Crippen LogP contribution >= 0.6 is 0 Å². The standard InChI is InChI=1S/C24H25N3O4S/c1-15-19(6-7-20-21(15)14-31-24(20)29)23(28)13-26-9-8-17-11-27(12-22(17)26)32(30)18-4-2-16(10-25)3-5-18/h2-7,17,22-23,28H,8-9,11-14H2,1H3. The van der Waals surface area contributed by atoms with Crippen molar-refractivity contribution in [2.45, 2.75) is 37.0 Å². The summed E-state index contributed by atoms with van der Waals surface area (Å²) in [6.45, 7) is 5.08. The lowest BCUT2D eigenvalue weighted by atomic mass is 9.95. The number of rotatable bonds is 5. The molecule has 0 bridgehead atoms. The Bertz CT molecular complexity index is 1080. The van der Waals surface area contributed by atoms with Crippen LogP contribution in [0.1, 0.15) is 45.1 Å². The molecule has 2 fully saturated rings. The monoisotopic (exact) mass is 451 g/mol. The lowest BCUT2D eigenvalue weighted by molar-refractivity contribution is 0.0535. The summed E-state index contributed by atoms with van der Waals surface area (Å²) in [6, 6.07) is 12.8. The highest BCUT2D eigenvalue weighted by molar-refractivity contribution is 7.89. The third-order valence-electron chi connectivity index (χ3n) is 7.02. The minimum Gasteiger partial charge on any atom is -0.593 e. The minimum atomic E-state index is -1.26. The van der Waals surface area contributed by atoms with Crippen LogP contribution in [0.25, 0.3) is 0 Å². The average Bonchev–Trinajstić information content (AvgIpc) is 3.50. The number of likely N-dealkylation sites (tertiary alicyclic amines) is 1. The number of hydrogen-bond donors (Lipinski definition) is 1. The fourth-order valence-corrected chi connectivity index (χ4v) is 6.50. The Labute approximate surface area is 190 Å². The lowest BCUT2D eigenvalue weighted by Crippen LogP contribution is -2.39. The molecule has 3 aliphatic heterocycles. The minimum absolute atomic E-state index is 0.256. The van der Waals surface area contributed by atoms with E-state index >= 15 is 0 Å². The number of benzene rings is 2. The van der Waals surface area contributed by atoms with Crippen molar-refractivity contribution in [2.75, 3.05) is 26.2 Å². The molecule has 2 saturated heterocycles. The number of nitriles is 1. The van der Waals surface area contributed by atoms with E-state index in [-0.39, 0.29) is 18.6 Å². The van der Waals surface area contributed by atoms with Crippen LogP contribution in [0.15, 0.2) is 41.3 Å². The summed E-state index contributed by atoms with van der Waals surface area (Å²) in [5, 5.41) is 20.0. The molecule has 1 N–H and O–H groups in total. The summed E-state index contributed by atoms with van der Waals surface area (Å²) in [5.74, 6) is 0.129. The van der Waals surface area contributed by atoms with E-state index in [9.17, 15) is 14.5 Å². The molecule has 0 radical (unpaired) electrons. The van der Waals surface area contributed by atoms with E-state index in [4.69, 9.17) is 10.00 Å². The maximum absolute atomic E-state index is 13.1. The van der Waals surface area contributed by atoms with Crippen LogP contribution in [-0.4, -0.2) is 57.1 Å². The van der Waals surface area contributed by atoms with Crippen molar-refractivity contribution in [3.05, 3.63) is 64.2 Å². The van der Waals surface area contributed by atoms with Gasteiger partial charge in [0.2, 0.25) is 0 Å². The van der Waals surface area contributed by atoms with Gasteiger partial charge < -0.3 is 14.4 Å². The molecule has 32 heavy (non-hydrogen) atoms. The van der Waals surface area contributed by atoms with Gasteiger partial charge in [0.15, 0.2) is 4.90 Å².